The summed E-state index contributed by atoms with van der Waals surface area (Å²) < 4.78 is 5.55. The molecule has 0 saturated carbocycles. The van der Waals surface area contributed by atoms with E-state index in [1.54, 1.807) is 19.2 Å². The highest BCUT2D eigenvalue weighted by atomic mass is 35.5. The number of amides is 2. The Balaban J connectivity index is 1.23. The second-order valence-electron chi connectivity index (χ2n) is 10.5. The van der Waals surface area contributed by atoms with Crippen LogP contribution in [0.15, 0.2) is 77.8 Å². The molecule has 9 nitrogen and oxygen atoms in total. The molecule has 0 bridgehead atoms. The first-order valence-electron chi connectivity index (χ1n) is 14.4. The highest BCUT2D eigenvalue weighted by molar-refractivity contribution is 6.30. The molecule has 4 N–H and O–H groups in total. The number of anilines is 1. The number of ether oxygens (including phenoxy) is 1. The SMILES string of the molecule is COc1ccc2c(c1)C(c1ccc(Cl)cc1)=NC(CC(=O)NCCCCCNC(=O)c1ccccc1)C1NNC(C)N21. The number of nitrogens with one attached hydrogen (secondary N) is 4. The smallest absolute Gasteiger partial charge is 0.251 e. The molecule has 0 spiro atoms. The van der Waals surface area contributed by atoms with Gasteiger partial charge in [0.1, 0.15) is 11.9 Å². The zero-order chi connectivity index (χ0) is 29.5. The first kappa shape index (κ1) is 29.6. The summed E-state index contributed by atoms with van der Waals surface area (Å²) in [4.78, 5) is 32.7. The van der Waals surface area contributed by atoms with Gasteiger partial charge in [0, 0.05) is 40.5 Å². The number of aliphatic imine (C=N–C) groups is 1. The number of unbranched alkanes of at least 4 members (excludes halogenated alkanes) is 2. The number of hydrogen-bond acceptors (Lipinski definition) is 7. The van der Waals surface area contributed by atoms with E-state index in [0.29, 0.717) is 23.7 Å². The van der Waals surface area contributed by atoms with Gasteiger partial charge in [-0.1, -0.05) is 41.9 Å². The van der Waals surface area contributed by atoms with E-state index < -0.39 is 0 Å². The van der Waals surface area contributed by atoms with Gasteiger partial charge < -0.3 is 20.3 Å². The van der Waals surface area contributed by atoms with E-state index in [-0.39, 0.29) is 36.6 Å². The van der Waals surface area contributed by atoms with Crippen LogP contribution in [0.1, 0.15) is 54.1 Å². The molecule has 5 rings (SSSR count). The number of nitrogens with zero attached hydrogens (tertiary/aromatic N) is 2. The second-order valence-corrected chi connectivity index (χ2v) is 10.9. The van der Waals surface area contributed by atoms with Crippen molar-refractivity contribution < 1.29 is 14.3 Å². The van der Waals surface area contributed by atoms with E-state index in [4.69, 9.17) is 21.3 Å². The lowest BCUT2D eigenvalue weighted by molar-refractivity contribution is -0.121. The number of halogens is 1. The van der Waals surface area contributed by atoms with E-state index >= 15 is 0 Å². The van der Waals surface area contributed by atoms with Crippen molar-refractivity contribution in [2.75, 3.05) is 25.1 Å². The Labute approximate surface area is 251 Å². The Morgan fingerprint density at radius 3 is 2.43 bits per heavy atom. The minimum atomic E-state index is -0.361. The summed E-state index contributed by atoms with van der Waals surface area (Å²) in [5.74, 6) is 0.613. The summed E-state index contributed by atoms with van der Waals surface area (Å²) in [6, 6.07) is 22.4. The van der Waals surface area contributed by atoms with Crippen LogP contribution < -0.4 is 31.1 Å². The molecule has 1 fully saturated rings. The van der Waals surface area contributed by atoms with Gasteiger partial charge in [-0.25, -0.2) is 10.9 Å². The molecule has 3 atom stereocenters. The minimum absolute atomic E-state index is 0.0187. The topological polar surface area (TPSA) is 107 Å². The molecule has 0 aliphatic carbocycles. The molecule has 0 aromatic heterocycles. The molecule has 0 radical (unpaired) electrons. The first-order valence-corrected chi connectivity index (χ1v) is 14.7. The fraction of sp³-hybridized carbons (Fsp3) is 0.344. The molecule has 220 valence electrons. The zero-order valence-electron chi connectivity index (χ0n) is 23.9. The Morgan fingerprint density at radius 1 is 0.952 bits per heavy atom. The predicted octanol–water partition coefficient (Wildman–Crippen LogP) is 4.26. The summed E-state index contributed by atoms with van der Waals surface area (Å²) in [7, 11) is 1.65. The number of hydrogen-bond donors (Lipinski definition) is 4. The van der Waals surface area contributed by atoms with Gasteiger partial charge in [0.2, 0.25) is 5.91 Å². The van der Waals surface area contributed by atoms with Gasteiger partial charge in [0.05, 0.1) is 31.4 Å². The maximum absolute atomic E-state index is 13.1. The monoisotopic (exact) mass is 588 g/mol. The van der Waals surface area contributed by atoms with Crippen LogP contribution in [0.3, 0.4) is 0 Å². The maximum atomic E-state index is 13.1. The van der Waals surface area contributed by atoms with Crippen molar-refractivity contribution in [3.05, 3.63) is 94.5 Å². The van der Waals surface area contributed by atoms with Crippen LogP contribution in [0.5, 0.6) is 5.75 Å². The van der Waals surface area contributed by atoms with Crippen molar-refractivity contribution in [1.29, 1.82) is 0 Å². The molecule has 2 aliphatic heterocycles. The molecule has 42 heavy (non-hydrogen) atoms. The van der Waals surface area contributed by atoms with E-state index in [1.807, 2.05) is 60.7 Å². The molecular formula is C32H37ClN6O3. The summed E-state index contributed by atoms with van der Waals surface area (Å²) in [6.45, 7) is 3.25. The Kier molecular flexibility index (Phi) is 9.74. The van der Waals surface area contributed by atoms with Crippen molar-refractivity contribution in [3.63, 3.8) is 0 Å². The normalized spacial score (nSPS) is 19.3. The fourth-order valence-corrected chi connectivity index (χ4v) is 5.52. The number of methoxy groups -OCH3 is 1. The number of carbonyl (C=O) groups is 2. The third kappa shape index (κ3) is 6.92. The van der Waals surface area contributed by atoms with Gasteiger partial charge in [0.15, 0.2) is 0 Å². The quantitative estimate of drug-likeness (QED) is 0.249. The molecule has 3 aromatic rings. The lowest BCUT2D eigenvalue weighted by Crippen LogP contribution is -2.47. The highest BCUT2D eigenvalue weighted by Gasteiger charge is 2.40. The minimum Gasteiger partial charge on any atom is -0.497 e. The molecule has 2 amide bonds. The maximum Gasteiger partial charge on any atom is 0.251 e. The van der Waals surface area contributed by atoms with E-state index in [1.165, 1.54) is 0 Å². The lowest BCUT2D eigenvalue weighted by atomic mass is 9.99. The number of carbonyl (C=O) groups excluding carboxylic acids is 2. The average Bonchev–Trinajstić information content (AvgIpc) is 3.33. The molecule has 2 aliphatic rings. The molecule has 3 unspecified atom stereocenters. The summed E-state index contributed by atoms with van der Waals surface area (Å²) >= 11 is 6.20. The second kappa shape index (κ2) is 13.8. The number of rotatable bonds is 11. The van der Waals surface area contributed by atoms with Crippen molar-refractivity contribution in [2.45, 2.75) is 51.0 Å². The van der Waals surface area contributed by atoms with Crippen molar-refractivity contribution in [2.24, 2.45) is 4.99 Å². The summed E-state index contributed by atoms with van der Waals surface area (Å²) in [6.07, 6.45) is 2.55. The van der Waals surface area contributed by atoms with Gasteiger partial charge in [-0.3, -0.25) is 14.6 Å². The molecule has 2 heterocycles. The van der Waals surface area contributed by atoms with Gasteiger partial charge in [-0.2, -0.15) is 0 Å². The Morgan fingerprint density at radius 2 is 1.69 bits per heavy atom. The molecule has 3 aromatic carbocycles. The lowest BCUT2D eigenvalue weighted by Gasteiger charge is -2.31. The van der Waals surface area contributed by atoms with Crippen LogP contribution in [-0.4, -0.2) is 56.1 Å². The number of fused-ring (bicyclic) bond motifs is 3. The van der Waals surface area contributed by atoms with Gasteiger partial charge in [-0.15, -0.1) is 0 Å². The van der Waals surface area contributed by atoms with Crippen LogP contribution in [0.2, 0.25) is 5.02 Å². The number of benzene rings is 3. The van der Waals surface area contributed by atoms with Crippen LogP contribution in [-0.2, 0) is 4.79 Å². The third-order valence-electron chi connectivity index (χ3n) is 7.56. The van der Waals surface area contributed by atoms with E-state index in [2.05, 4.69) is 33.3 Å². The van der Waals surface area contributed by atoms with Gasteiger partial charge in [-0.05, 0) is 68.7 Å². The van der Waals surface area contributed by atoms with Crippen molar-refractivity contribution in [3.8, 4) is 5.75 Å². The van der Waals surface area contributed by atoms with Gasteiger partial charge in [0.25, 0.3) is 5.91 Å². The zero-order valence-corrected chi connectivity index (χ0v) is 24.7. The van der Waals surface area contributed by atoms with Crippen LogP contribution in [0.4, 0.5) is 5.69 Å². The molecule has 10 heteroatoms. The molecular weight excluding hydrogens is 552 g/mol. The van der Waals surface area contributed by atoms with E-state index in [0.717, 1.165) is 47.5 Å². The summed E-state index contributed by atoms with van der Waals surface area (Å²) in [5, 5.41) is 6.66. The van der Waals surface area contributed by atoms with Crippen LogP contribution in [0, 0.1) is 0 Å². The Hall–Kier alpha value is -3.92. The van der Waals surface area contributed by atoms with Gasteiger partial charge >= 0.3 is 0 Å². The Bertz CT molecular complexity index is 1420. The molecule has 1 saturated heterocycles. The standard InChI is InChI=1S/C32H37ClN6O3/c1-21-37-38-31-27(20-29(40)34-17-7-4-8-18-35-32(41)23-9-5-3-6-10-23)36-30(22-11-13-24(33)14-12-22)26-19-25(42-2)15-16-28(26)39(21)31/h3,5-6,9-16,19,21,27,31,37-38H,4,7-8,17-18,20H2,1-2H3,(H,34,40)(H,35,41). The van der Waals surface area contributed by atoms with Crippen molar-refractivity contribution >= 4 is 34.8 Å². The summed E-state index contributed by atoms with van der Waals surface area (Å²) in [5.41, 5.74) is 11.0. The van der Waals surface area contributed by atoms with Crippen LogP contribution >= 0.6 is 11.6 Å². The van der Waals surface area contributed by atoms with Crippen LogP contribution in [0.25, 0.3) is 0 Å². The average molecular weight is 589 g/mol. The predicted molar refractivity (Wildman–Crippen MR) is 166 cm³/mol. The first-order chi connectivity index (χ1) is 20.4. The third-order valence-corrected chi connectivity index (χ3v) is 7.81. The van der Waals surface area contributed by atoms with Crippen molar-refractivity contribution in [1.82, 2.24) is 21.5 Å². The fourth-order valence-electron chi connectivity index (χ4n) is 5.39. The van der Waals surface area contributed by atoms with E-state index in [9.17, 15) is 9.59 Å². The highest BCUT2D eigenvalue weighted by Crippen LogP contribution is 2.36. The largest absolute Gasteiger partial charge is 0.497 e. The number of hydrazine groups is 1.